The van der Waals surface area contributed by atoms with E-state index >= 15 is 0 Å². The number of methoxy groups -OCH3 is 1. The SMILES string of the molecule is CCCOc1c(Cl)cc(C(=O)Nc2ccc(SC)nc2)cc1OC. The summed E-state index contributed by atoms with van der Waals surface area (Å²) in [5.41, 5.74) is 0.994. The van der Waals surface area contributed by atoms with Crippen LogP contribution in [0.1, 0.15) is 23.7 Å². The highest BCUT2D eigenvalue weighted by Crippen LogP contribution is 2.36. The molecule has 0 bridgehead atoms. The Hall–Kier alpha value is -1.92. The minimum atomic E-state index is -0.295. The predicted octanol–water partition coefficient (Wildman–Crippen LogP) is 4.51. The number of halogens is 1. The number of aromatic nitrogens is 1. The van der Waals surface area contributed by atoms with E-state index < -0.39 is 0 Å². The zero-order valence-corrected chi connectivity index (χ0v) is 15.3. The molecule has 0 aliphatic rings. The molecule has 0 spiro atoms. The normalized spacial score (nSPS) is 10.3. The number of ether oxygens (including phenoxy) is 2. The molecule has 1 heterocycles. The molecule has 0 unspecified atom stereocenters. The summed E-state index contributed by atoms with van der Waals surface area (Å²) in [6.45, 7) is 2.52. The summed E-state index contributed by atoms with van der Waals surface area (Å²) in [5.74, 6) is 0.580. The highest BCUT2D eigenvalue weighted by atomic mass is 35.5. The Kier molecular flexibility index (Phi) is 6.75. The predicted molar refractivity (Wildman–Crippen MR) is 97.8 cm³/mol. The van der Waals surface area contributed by atoms with Crippen molar-refractivity contribution in [3.05, 3.63) is 41.0 Å². The monoisotopic (exact) mass is 366 g/mol. The zero-order chi connectivity index (χ0) is 17.5. The number of carbonyl (C=O) groups is 1. The summed E-state index contributed by atoms with van der Waals surface area (Å²) >= 11 is 7.77. The van der Waals surface area contributed by atoms with E-state index in [0.29, 0.717) is 34.4 Å². The van der Waals surface area contributed by atoms with E-state index in [-0.39, 0.29) is 5.91 Å². The molecule has 5 nitrogen and oxygen atoms in total. The Morgan fingerprint density at radius 3 is 2.75 bits per heavy atom. The number of anilines is 1. The average molecular weight is 367 g/mol. The molecule has 128 valence electrons. The third-order valence-corrected chi connectivity index (χ3v) is 4.09. The first kappa shape index (κ1) is 18.4. The first-order valence-corrected chi connectivity index (χ1v) is 9.01. The highest BCUT2D eigenvalue weighted by Gasteiger charge is 2.16. The fraction of sp³-hybridized carbons (Fsp3) is 0.294. The molecule has 2 aromatic rings. The largest absolute Gasteiger partial charge is 0.493 e. The average Bonchev–Trinajstić information content (AvgIpc) is 2.60. The van der Waals surface area contributed by atoms with Crippen LogP contribution in [-0.2, 0) is 0 Å². The Morgan fingerprint density at radius 2 is 2.17 bits per heavy atom. The van der Waals surface area contributed by atoms with Crippen LogP contribution in [0.5, 0.6) is 11.5 Å². The molecule has 7 heteroatoms. The van der Waals surface area contributed by atoms with Crippen molar-refractivity contribution >= 4 is 35.0 Å². The van der Waals surface area contributed by atoms with Crippen molar-refractivity contribution in [2.45, 2.75) is 18.4 Å². The molecule has 0 fully saturated rings. The van der Waals surface area contributed by atoms with Crippen LogP contribution in [0.3, 0.4) is 0 Å². The van der Waals surface area contributed by atoms with Gasteiger partial charge in [0.05, 0.1) is 35.6 Å². The van der Waals surface area contributed by atoms with Gasteiger partial charge in [0.1, 0.15) is 0 Å². The van der Waals surface area contributed by atoms with Gasteiger partial charge in [-0.05, 0) is 36.9 Å². The molecular weight excluding hydrogens is 348 g/mol. The van der Waals surface area contributed by atoms with Crippen LogP contribution < -0.4 is 14.8 Å². The standard InChI is InChI=1S/C17H19ClN2O3S/c1-4-7-23-16-13(18)8-11(9-14(16)22-2)17(21)20-12-5-6-15(24-3)19-10-12/h5-6,8-10H,4,7H2,1-3H3,(H,20,21). The van der Waals surface area contributed by atoms with Crippen LogP contribution in [0.4, 0.5) is 5.69 Å². The Balaban J connectivity index is 2.20. The van der Waals surface area contributed by atoms with Crippen molar-refractivity contribution in [2.24, 2.45) is 0 Å². The fourth-order valence-corrected chi connectivity index (χ4v) is 2.60. The van der Waals surface area contributed by atoms with Crippen LogP contribution in [0.2, 0.25) is 5.02 Å². The van der Waals surface area contributed by atoms with Crippen molar-refractivity contribution in [2.75, 3.05) is 25.3 Å². The van der Waals surface area contributed by atoms with E-state index in [1.54, 1.807) is 24.4 Å². The van der Waals surface area contributed by atoms with Crippen molar-refractivity contribution in [1.29, 1.82) is 0 Å². The molecule has 0 saturated carbocycles. The minimum Gasteiger partial charge on any atom is -0.493 e. The molecule has 0 aliphatic carbocycles. The third kappa shape index (κ3) is 4.55. The second-order valence-corrected chi connectivity index (χ2v) is 6.12. The van der Waals surface area contributed by atoms with E-state index in [0.717, 1.165) is 11.4 Å². The van der Waals surface area contributed by atoms with Crippen molar-refractivity contribution in [3.63, 3.8) is 0 Å². The molecule has 0 aliphatic heterocycles. The quantitative estimate of drug-likeness (QED) is 0.730. The van der Waals surface area contributed by atoms with E-state index in [4.69, 9.17) is 21.1 Å². The van der Waals surface area contributed by atoms with Gasteiger partial charge >= 0.3 is 0 Å². The molecule has 1 aromatic heterocycles. The fourth-order valence-electron chi connectivity index (χ4n) is 1.97. The second kappa shape index (κ2) is 8.80. The number of rotatable bonds is 7. The second-order valence-electron chi connectivity index (χ2n) is 4.88. The lowest BCUT2D eigenvalue weighted by Crippen LogP contribution is -2.12. The van der Waals surface area contributed by atoms with Crippen LogP contribution in [0.25, 0.3) is 0 Å². The van der Waals surface area contributed by atoms with Gasteiger partial charge < -0.3 is 14.8 Å². The van der Waals surface area contributed by atoms with Crippen molar-refractivity contribution in [1.82, 2.24) is 4.98 Å². The minimum absolute atomic E-state index is 0.295. The van der Waals surface area contributed by atoms with Crippen LogP contribution in [0, 0.1) is 0 Å². The van der Waals surface area contributed by atoms with Gasteiger partial charge in [0.25, 0.3) is 5.91 Å². The maximum Gasteiger partial charge on any atom is 0.255 e. The van der Waals surface area contributed by atoms with Gasteiger partial charge in [-0.3, -0.25) is 4.79 Å². The van der Waals surface area contributed by atoms with E-state index in [1.807, 2.05) is 19.2 Å². The topological polar surface area (TPSA) is 60.5 Å². The molecule has 0 saturated heterocycles. The van der Waals surface area contributed by atoms with Gasteiger partial charge in [-0.2, -0.15) is 0 Å². The van der Waals surface area contributed by atoms with Gasteiger partial charge in [-0.15, -0.1) is 11.8 Å². The number of hydrogen-bond acceptors (Lipinski definition) is 5. The Morgan fingerprint density at radius 1 is 1.38 bits per heavy atom. The molecule has 1 amide bonds. The number of carbonyl (C=O) groups excluding carboxylic acids is 1. The van der Waals surface area contributed by atoms with E-state index in [9.17, 15) is 4.79 Å². The maximum absolute atomic E-state index is 12.4. The van der Waals surface area contributed by atoms with Crippen LogP contribution in [0.15, 0.2) is 35.5 Å². The molecule has 1 aromatic carbocycles. The first-order valence-electron chi connectivity index (χ1n) is 7.40. The molecular formula is C17H19ClN2O3S. The van der Waals surface area contributed by atoms with Crippen LogP contribution >= 0.6 is 23.4 Å². The van der Waals surface area contributed by atoms with E-state index in [2.05, 4.69) is 10.3 Å². The molecule has 0 atom stereocenters. The number of thioether (sulfide) groups is 1. The summed E-state index contributed by atoms with van der Waals surface area (Å²) < 4.78 is 10.9. The number of benzene rings is 1. The van der Waals surface area contributed by atoms with Crippen LogP contribution in [-0.4, -0.2) is 30.9 Å². The number of hydrogen-bond donors (Lipinski definition) is 1. The lowest BCUT2D eigenvalue weighted by Gasteiger charge is -2.13. The molecule has 1 N–H and O–H groups in total. The lowest BCUT2D eigenvalue weighted by atomic mass is 10.2. The number of pyridine rings is 1. The summed E-state index contributed by atoms with van der Waals surface area (Å²) in [5, 5.41) is 4.01. The van der Waals surface area contributed by atoms with Gasteiger partial charge in [-0.1, -0.05) is 18.5 Å². The van der Waals surface area contributed by atoms with Crippen molar-refractivity contribution < 1.29 is 14.3 Å². The lowest BCUT2D eigenvalue weighted by molar-refractivity contribution is 0.102. The van der Waals surface area contributed by atoms with Gasteiger partial charge in [-0.25, -0.2) is 4.98 Å². The summed E-state index contributed by atoms with van der Waals surface area (Å²) in [7, 11) is 1.51. The summed E-state index contributed by atoms with van der Waals surface area (Å²) in [4.78, 5) is 16.6. The zero-order valence-electron chi connectivity index (χ0n) is 13.8. The van der Waals surface area contributed by atoms with Gasteiger partial charge in [0.15, 0.2) is 11.5 Å². The highest BCUT2D eigenvalue weighted by molar-refractivity contribution is 7.98. The maximum atomic E-state index is 12.4. The number of nitrogens with zero attached hydrogens (tertiary/aromatic N) is 1. The third-order valence-electron chi connectivity index (χ3n) is 3.15. The Bertz CT molecular complexity index is 708. The summed E-state index contributed by atoms with van der Waals surface area (Å²) in [6.07, 6.45) is 4.40. The van der Waals surface area contributed by atoms with E-state index in [1.165, 1.54) is 18.9 Å². The van der Waals surface area contributed by atoms with Crippen molar-refractivity contribution in [3.8, 4) is 11.5 Å². The molecule has 2 rings (SSSR count). The van der Waals surface area contributed by atoms with Gasteiger partial charge in [0, 0.05) is 5.56 Å². The van der Waals surface area contributed by atoms with Gasteiger partial charge in [0.2, 0.25) is 0 Å². The first-order chi connectivity index (χ1) is 11.6. The number of amides is 1. The Labute approximate surface area is 150 Å². The molecule has 24 heavy (non-hydrogen) atoms. The number of nitrogens with one attached hydrogen (secondary N) is 1. The smallest absolute Gasteiger partial charge is 0.255 e. The molecule has 0 radical (unpaired) electrons. The summed E-state index contributed by atoms with van der Waals surface area (Å²) in [6, 6.07) is 6.81.